The maximum atomic E-state index is 13.0. The number of aromatic nitrogens is 3. The number of hydrogen-bond acceptors (Lipinski definition) is 2. The molecule has 2 aromatic carbocycles. The molecule has 3 rings (SSSR count). The normalized spacial score (nSPS) is 10.8. The molecule has 3 nitrogen and oxygen atoms in total. The lowest BCUT2D eigenvalue weighted by atomic mass is 10.1. The molecule has 0 atom stereocenters. The van der Waals surface area contributed by atoms with E-state index in [-0.39, 0.29) is 5.82 Å². The molecule has 0 fully saturated rings. The smallest absolute Gasteiger partial charge is 0.123 e. The van der Waals surface area contributed by atoms with Crippen molar-refractivity contribution in [3.05, 3.63) is 65.6 Å². The highest BCUT2D eigenvalue weighted by atomic mass is 19.1. The van der Waals surface area contributed by atoms with Crippen LogP contribution in [0.15, 0.2) is 48.7 Å². The lowest BCUT2D eigenvalue weighted by Crippen LogP contribution is -2.00. The first-order chi connectivity index (χ1) is 9.65. The van der Waals surface area contributed by atoms with E-state index in [1.165, 1.54) is 23.3 Å². The topological polar surface area (TPSA) is 30.7 Å². The Morgan fingerprint density at radius 2 is 1.70 bits per heavy atom. The molecule has 0 bridgehead atoms. The third kappa shape index (κ3) is 2.20. The summed E-state index contributed by atoms with van der Waals surface area (Å²) < 4.78 is 14.8. The number of rotatable bonds is 2. The summed E-state index contributed by atoms with van der Waals surface area (Å²) in [4.78, 5) is 0. The van der Waals surface area contributed by atoms with Crippen molar-refractivity contribution in [2.75, 3.05) is 0 Å². The first kappa shape index (κ1) is 12.5. The molecular formula is C16H14FN3. The average Bonchev–Trinajstić information content (AvgIpc) is 2.92. The molecule has 0 aliphatic carbocycles. The summed E-state index contributed by atoms with van der Waals surface area (Å²) in [7, 11) is 0. The Bertz CT molecular complexity index is 745. The second-order valence-electron chi connectivity index (χ2n) is 4.81. The molecule has 0 amide bonds. The van der Waals surface area contributed by atoms with Crippen molar-refractivity contribution < 1.29 is 4.39 Å². The van der Waals surface area contributed by atoms with Crippen LogP contribution < -0.4 is 0 Å². The van der Waals surface area contributed by atoms with E-state index in [0.717, 1.165) is 16.9 Å². The Morgan fingerprint density at radius 3 is 2.40 bits per heavy atom. The van der Waals surface area contributed by atoms with E-state index in [1.807, 2.05) is 6.07 Å². The number of aryl methyl sites for hydroxylation is 2. The predicted molar refractivity (Wildman–Crippen MR) is 76.2 cm³/mol. The van der Waals surface area contributed by atoms with Gasteiger partial charge in [-0.2, -0.15) is 0 Å². The van der Waals surface area contributed by atoms with E-state index in [4.69, 9.17) is 0 Å². The van der Waals surface area contributed by atoms with Gasteiger partial charge in [0.15, 0.2) is 0 Å². The van der Waals surface area contributed by atoms with Gasteiger partial charge in [-0.1, -0.05) is 11.3 Å². The third-order valence-electron chi connectivity index (χ3n) is 3.42. The van der Waals surface area contributed by atoms with Gasteiger partial charge in [-0.3, -0.25) is 0 Å². The molecule has 0 aliphatic heterocycles. The predicted octanol–water partition coefficient (Wildman–Crippen LogP) is 3.69. The van der Waals surface area contributed by atoms with Gasteiger partial charge in [0.05, 0.1) is 17.6 Å². The van der Waals surface area contributed by atoms with Crippen LogP contribution in [0.1, 0.15) is 11.1 Å². The third-order valence-corrected chi connectivity index (χ3v) is 3.42. The summed E-state index contributed by atoms with van der Waals surface area (Å²) in [6, 6.07) is 12.5. The second kappa shape index (κ2) is 4.89. The van der Waals surface area contributed by atoms with E-state index in [1.54, 1.807) is 23.0 Å². The lowest BCUT2D eigenvalue weighted by molar-refractivity contribution is 0.628. The zero-order chi connectivity index (χ0) is 14.1. The highest BCUT2D eigenvalue weighted by molar-refractivity contribution is 5.61. The van der Waals surface area contributed by atoms with Crippen LogP contribution in [0.4, 0.5) is 4.39 Å². The van der Waals surface area contributed by atoms with Crippen LogP contribution in [-0.4, -0.2) is 15.0 Å². The van der Waals surface area contributed by atoms with Gasteiger partial charge < -0.3 is 0 Å². The SMILES string of the molecule is Cc1ccc(-n2nncc2-c2ccc(F)cc2)cc1C. The zero-order valence-electron chi connectivity index (χ0n) is 11.3. The molecule has 0 radical (unpaired) electrons. The summed E-state index contributed by atoms with van der Waals surface area (Å²) >= 11 is 0. The molecule has 1 aromatic heterocycles. The molecule has 0 N–H and O–H groups in total. The Balaban J connectivity index is 2.10. The minimum atomic E-state index is -0.251. The van der Waals surface area contributed by atoms with Gasteiger partial charge in [0.1, 0.15) is 5.82 Å². The number of benzene rings is 2. The van der Waals surface area contributed by atoms with Crippen LogP contribution in [0.5, 0.6) is 0 Å². The van der Waals surface area contributed by atoms with Crippen LogP contribution in [0.2, 0.25) is 0 Å². The quantitative estimate of drug-likeness (QED) is 0.709. The van der Waals surface area contributed by atoms with Crippen LogP contribution in [-0.2, 0) is 0 Å². The molecule has 0 spiro atoms. The molecule has 0 saturated heterocycles. The molecule has 0 saturated carbocycles. The maximum absolute atomic E-state index is 13.0. The fourth-order valence-corrected chi connectivity index (χ4v) is 2.10. The van der Waals surface area contributed by atoms with E-state index in [9.17, 15) is 4.39 Å². The molecule has 100 valence electrons. The summed E-state index contributed by atoms with van der Waals surface area (Å²) in [5, 5.41) is 8.10. The highest BCUT2D eigenvalue weighted by Gasteiger charge is 2.09. The maximum Gasteiger partial charge on any atom is 0.123 e. The van der Waals surface area contributed by atoms with Crippen molar-refractivity contribution in [3.63, 3.8) is 0 Å². The second-order valence-corrected chi connectivity index (χ2v) is 4.81. The number of halogens is 1. The average molecular weight is 267 g/mol. The van der Waals surface area contributed by atoms with Crippen molar-refractivity contribution in [2.24, 2.45) is 0 Å². The van der Waals surface area contributed by atoms with Crippen molar-refractivity contribution in [2.45, 2.75) is 13.8 Å². The standard InChI is InChI=1S/C16H14FN3/c1-11-3-8-15(9-12(11)2)20-16(10-18-19-20)13-4-6-14(17)7-5-13/h3-10H,1-2H3. The highest BCUT2D eigenvalue weighted by Crippen LogP contribution is 2.22. The van der Waals surface area contributed by atoms with Gasteiger partial charge in [-0.15, -0.1) is 5.10 Å². The first-order valence-corrected chi connectivity index (χ1v) is 6.39. The Morgan fingerprint density at radius 1 is 0.950 bits per heavy atom. The first-order valence-electron chi connectivity index (χ1n) is 6.39. The zero-order valence-corrected chi connectivity index (χ0v) is 11.3. The van der Waals surface area contributed by atoms with Crippen molar-refractivity contribution >= 4 is 0 Å². The van der Waals surface area contributed by atoms with Gasteiger partial charge >= 0.3 is 0 Å². The minimum absolute atomic E-state index is 0.251. The lowest BCUT2D eigenvalue weighted by Gasteiger charge is -2.08. The molecule has 3 aromatic rings. The fraction of sp³-hybridized carbons (Fsp3) is 0.125. The monoisotopic (exact) mass is 267 g/mol. The van der Waals surface area contributed by atoms with Gasteiger partial charge in [-0.25, -0.2) is 9.07 Å². The van der Waals surface area contributed by atoms with E-state index >= 15 is 0 Å². The largest absolute Gasteiger partial charge is 0.213 e. The van der Waals surface area contributed by atoms with Crippen molar-refractivity contribution in [3.8, 4) is 16.9 Å². The van der Waals surface area contributed by atoms with Crippen LogP contribution >= 0.6 is 0 Å². The van der Waals surface area contributed by atoms with E-state index < -0.39 is 0 Å². The molecule has 20 heavy (non-hydrogen) atoms. The summed E-state index contributed by atoms with van der Waals surface area (Å²) in [5.74, 6) is -0.251. The van der Waals surface area contributed by atoms with Crippen molar-refractivity contribution in [1.82, 2.24) is 15.0 Å². The van der Waals surface area contributed by atoms with Crippen LogP contribution in [0.25, 0.3) is 16.9 Å². The van der Waals surface area contributed by atoms with Gasteiger partial charge in [0, 0.05) is 5.56 Å². The van der Waals surface area contributed by atoms with E-state index in [2.05, 4.69) is 36.3 Å². The molecule has 1 heterocycles. The van der Waals surface area contributed by atoms with Crippen LogP contribution in [0.3, 0.4) is 0 Å². The van der Waals surface area contributed by atoms with Crippen molar-refractivity contribution in [1.29, 1.82) is 0 Å². The number of hydrogen-bond donors (Lipinski definition) is 0. The minimum Gasteiger partial charge on any atom is -0.213 e. The summed E-state index contributed by atoms with van der Waals surface area (Å²) in [6.45, 7) is 4.13. The molecule has 4 heteroatoms. The van der Waals surface area contributed by atoms with E-state index in [0.29, 0.717) is 0 Å². The van der Waals surface area contributed by atoms with Gasteiger partial charge in [0.2, 0.25) is 0 Å². The Kier molecular flexibility index (Phi) is 3.06. The van der Waals surface area contributed by atoms with Gasteiger partial charge in [-0.05, 0) is 61.4 Å². The molecule has 0 unspecified atom stereocenters. The Hall–Kier alpha value is -2.49. The summed E-state index contributed by atoms with van der Waals surface area (Å²) in [5.41, 5.74) is 5.10. The number of nitrogens with zero attached hydrogens (tertiary/aromatic N) is 3. The summed E-state index contributed by atoms with van der Waals surface area (Å²) in [6.07, 6.45) is 1.68. The Labute approximate surface area is 116 Å². The molecule has 0 aliphatic rings. The van der Waals surface area contributed by atoms with Crippen LogP contribution in [0, 0.1) is 19.7 Å². The fourth-order valence-electron chi connectivity index (χ4n) is 2.10. The van der Waals surface area contributed by atoms with Gasteiger partial charge in [0.25, 0.3) is 0 Å². The molecular weight excluding hydrogens is 253 g/mol.